The van der Waals surface area contributed by atoms with Crippen molar-refractivity contribution in [2.45, 2.75) is 26.1 Å². The van der Waals surface area contributed by atoms with Gasteiger partial charge in [-0.05, 0) is 49.8 Å². The molecule has 0 spiro atoms. The Kier molecular flexibility index (Phi) is 4.87. The van der Waals surface area contributed by atoms with E-state index < -0.39 is 17.7 Å². The van der Waals surface area contributed by atoms with E-state index in [1.54, 1.807) is 5.01 Å². The molecule has 0 aromatic heterocycles. The maximum atomic E-state index is 13.7. The zero-order valence-electron chi connectivity index (χ0n) is 16.3. The fourth-order valence-electron chi connectivity index (χ4n) is 3.59. The average molecular weight is 400 g/mol. The Bertz CT molecular complexity index is 988. The maximum Gasteiger partial charge on any atom is 0.174 e. The smallest absolute Gasteiger partial charge is 0.174 e. The number of benzene rings is 2. The third kappa shape index (κ3) is 3.63. The Morgan fingerprint density at radius 2 is 2.00 bits per heavy atom. The van der Waals surface area contributed by atoms with E-state index in [0.717, 1.165) is 40.4 Å². The number of hydrogen-bond acceptors (Lipinski definition) is 6. The monoisotopic (exact) mass is 400 g/mol. The lowest BCUT2D eigenvalue weighted by molar-refractivity contribution is -0.118. The van der Waals surface area contributed by atoms with E-state index in [1.807, 2.05) is 39.1 Å². The number of nitrogens with zero attached hydrogens (tertiary/aromatic N) is 1. The standard InChI is InChI=1S/C21H22F2N4O2/c1-11-7-17-20(29-12(2)25-17)8-13(11)18-9-16(26-27(18)3)19(28)10-24-21-14(22)5-4-6-15(21)23/h4-9,12,16,24-26H,10H2,1-3H3. The van der Waals surface area contributed by atoms with Crippen LogP contribution in [0.1, 0.15) is 18.1 Å². The van der Waals surface area contributed by atoms with Gasteiger partial charge in [0, 0.05) is 12.6 Å². The second kappa shape index (κ2) is 7.36. The molecule has 2 aromatic rings. The third-order valence-electron chi connectivity index (χ3n) is 5.03. The van der Waals surface area contributed by atoms with Gasteiger partial charge in [-0.15, -0.1) is 0 Å². The van der Waals surface area contributed by atoms with Gasteiger partial charge in [-0.25, -0.2) is 14.2 Å². The van der Waals surface area contributed by atoms with Gasteiger partial charge in [-0.3, -0.25) is 4.79 Å². The van der Waals surface area contributed by atoms with Crippen LogP contribution < -0.4 is 20.8 Å². The van der Waals surface area contributed by atoms with E-state index in [0.29, 0.717) is 0 Å². The second-order valence-electron chi connectivity index (χ2n) is 7.20. The summed E-state index contributed by atoms with van der Waals surface area (Å²) in [6.45, 7) is 3.71. The normalized spacial score (nSPS) is 20.0. The van der Waals surface area contributed by atoms with Gasteiger partial charge in [0.25, 0.3) is 0 Å². The Labute approximate surface area is 167 Å². The number of halogens is 2. The summed E-state index contributed by atoms with van der Waals surface area (Å²) in [5.41, 5.74) is 6.53. The molecule has 4 rings (SSSR count). The molecule has 152 valence electrons. The minimum absolute atomic E-state index is 0.0905. The third-order valence-corrected chi connectivity index (χ3v) is 5.03. The lowest BCUT2D eigenvalue weighted by Crippen LogP contribution is -2.41. The minimum Gasteiger partial charge on any atom is -0.469 e. The van der Waals surface area contributed by atoms with Crippen LogP contribution in [-0.2, 0) is 4.79 Å². The number of rotatable bonds is 5. The first-order chi connectivity index (χ1) is 13.8. The quantitative estimate of drug-likeness (QED) is 0.716. The van der Waals surface area contributed by atoms with E-state index in [9.17, 15) is 13.6 Å². The summed E-state index contributed by atoms with van der Waals surface area (Å²) in [4.78, 5) is 12.6. The molecule has 2 aliphatic rings. The van der Waals surface area contributed by atoms with Crippen molar-refractivity contribution < 1.29 is 18.3 Å². The van der Waals surface area contributed by atoms with Crippen molar-refractivity contribution in [3.8, 4) is 5.75 Å². The number of anilines is 2. The first-order valence-electron chi connectivity index (χ1n) is 9.34. The molecule has 0 fully saturated rings. The molecule has 2 atom stereocenters. The van der Waals surface area contributed by atoms with Crippen LogP contribution >= 0.6 is 0 Å². The molecular formula is C21H22F2N4O2. The summed E-state index contributed by atoms with van der Waals surface area (Å²) >= 11 is 0. The number of para-hydroxylation sites is 1. The molecule has 0 bridgehead atoms. The van der Waals surface area contributed by atoms with Crippen molar-refractivity contribution in [2.24, 2.45) is 0 Å². The van der Waals surface area contributed by atoms with Crippen molar-refractivity contribution >= 4 is 22.9 Å². The molecule has 2 heterocycles. The van der Waals surface area contributed by atoms with Crippen LogP contribution in [0.4, 0.5) is 20.2 Å². The summed E-state index contributed by atoms with van der Waals surface area (Å²) in [5.74, 6) is -0.942. The van der Waals surface area contributed by atoms with Crippen LogP contribution in [0.3, 0.4) is 0 Å². The summed E-state index contributed by atoms with van der Waals surface area (Å²) in [5, 5.41) is 7.57. The molecule has 2 aromatic carbocycles. The highest BCUT2D eigenvalue weighted by molar-refractivity contribution is 5.92. The zero-order chi connectivity index (χ0) is 20.7. The highest BCUT2D eigenvalue weighted by atomic mass is 19.1. The Morgan fingerprint density at radius 3 is 2.72 bits per heavy atom. The van der Waals surface area contributed by atoms with Crippen LogP contribution in [0, 0.1) is 18.6 Å². The number of hydrogen-bond donors (Lipinski definition) is 3. The second-order valence-corrected chi connectivity index (χ2v) is 7.20. The molecule has 3 N–H and O–H groups in total. The summed E-state index contributed by atoms with van der Waals surface area (Å²) < 4.78 is 33.2. The van der Waals surface area contributed by atoms with Crippen molar-refractivity contribution in [3.05, 3.63) is 59.2 Å². The predicted octanol–water partition coefficient (Wildman–Crippen LogP) is 3.26. The number of fused-ring (bicyclic) bond motifs is 1. The first kappa shape index (κ1) is 19.2. The van der Waals surface area contributed by atoms with Crippen LogP contribution in [-0.4, -0.2) is 36.7 Å². The maximum absolute atomic E-state index is 13.7. The Morgan fingerprint density at radius 1 is 1.28 bits per heavy atom. The molecule has 0 saturated carbocycles. The van der Waals surface area contributed by atoms with Gasteiger partial charge in [-0.2, -0.15) is 0 Å². The first-order valence-corrected chi connectivity index (χ1v) is 9.34. The summed E-state index contributed by atoms with van der Waals surface area (Å²) in [6, 6.07) is 6.92. The molecule has 6 nitrogen and oxygen atoms in total. The topological polar surface area (TPSA) is 65.6 Å². The molecule has 2 aliphatic heterocycles. The fourth-order valence-corrected chi connectivity index (χ4v) is 3.59. The number of carbonyl (C=O) groups excluding carboxylic acids is 1. The van der Waals surface area contributed by atoms with Crippen molar-refractivity contribution in [1.82, 2.24) is 10.4 Å². The molecular weight excluding hydrogens is 378 g/mol. The predicted molar refractivity (Wildman–Crippen MR) is 107 cm³/mol. The molecule has 0 amide bonds. The van der Waals surface area contributed by atoms with E-state index in [1.165, 1.54) is 6.07 Å². The van der Waals surface area contributed by atoms with E-state index in [-0.39, 0.29) is 24.2 Å². The number of Topliss-reactive ketones (excluding diaryl/α,β-unsaturated/α-hetero) is 1. The van der Waals surface area contributed by atoms with E-state index >= 15 is 0 Å². The van der Waals surface area contributed by atoms with Crippen LogP contribution in [0.25, 0.3) is 5.70 Å². The van der Waals surface area contributed by atoms with Crippen molar-refractivity contribution in [3.63, 3.8) is 0 Å². The van der Waals surface area contributed by atoms with Gasteiger partial charge in [0.15, 0.2) is 12.0 Å². The Balaban J connectivity index is 1.51. The number of ketones is 1. The SMILES string of the molecule is Cc1cc2c(cc1C1=CC(C(=O)CNc3c(F)cccc3F)NN1C)OC(C)N2. The fraction of sp³-hybridized carbons (Fsp3) is 0.286. The Hall–Kier alpha value is -3.13. The largest absolute Gasteiger partial charge is 0.469 e. The molecule has 2 unspecified atom stereocenters. The highest BCUT2D eigenvalue weighted by Crippen LogP contribution is 2.37. The number of aryl methyl sites for hydroxylation is 1. The lowest BCUT2D eigenvalue weighted by atomic mass is 10.0. The highest BCUT2D eigenvalue weighted by Gasteiger charge is 2.29. The molecule has 8 heteroatoms. The van der Waals surface area contributed by atoms with Gasteiger partial charge < -0.3 is 20.4 Å². The van der Waals surface area contributed by atoms with Crippen molar-refractivity contribution in [2.75, 3.05) is 24.2 Å². The lowest BCUT2D eigenvalue weighted by Gasteiger charge is -2.20. The zero-order valence-corrected chi connectivity index (χ0v) is 16.3. The molecule has 0 saturated heterocycles. The van der Waals surface area contributed by atoms with Gasteiger partial charge in [-0.1, -0.05) is 6.07 Å². The number of nitrogens with one attached hydrogen (secondary N) is 3. The van der Waals surface area contributed by atoms with E-state index in [4.69, 9.17) is 4.74 Å². The van der Waals surface area contributed by atoms with E-state index in [2.05, 4.69) is 16.1 Å². The number of ether oxygens (including phenoxy) is 1. The number of carbonyl (C=O) groups is 1. The van der Waals surface area contributed by atoms with Crippen LogP contribution in [0.5, 0.6) is 5.75 Å². The van der Waals surface area contributed by atoms with Gasteiger partial charge >= 0.3 is 0 Å². The van der Waals surface area contributed by atoms with Crippen molar-refractivity contribution in [1.29, 1.82) is 0 Å². The molecule has 29 heavy (non-hydrogen) atoms. The van der Waals surface area contributed by atoms with Gasteiger partial charge in [0.05, 0.1) is 17.9 Å². The number of hydrazine groups is 1. The molecule has 0 aliphatic carbocycles. The minimum atomic E-state index is -0.734. The van der Waals surface area contributed by atoms with Crippen LogP contribution in [0.2, 0.25) is 0 Å². The average Bonchev–Trinajstić information content (AvgIpc) is 3.21. The van der Waals surface area contributed by atoms with Crippen LogP contribution in [0.15, 0.2) is 36.4 Å². The molecule has 0 radical (unpaired) electrons. The van der Waals surface area contributed by atoms with Gasteiger partial charge in [0.2, 0.25) is 0 Å². The summed E-state index contributed by atoms with van der Waals surface area (Å²) in [6.07, 6.45) is 1.72. The van der Waals surface area contributed by atoms with Gasteiger partial charge in [0.1, 0.15) is 29.1 Å². The summed E-state index contributed by atoms with van der Waals surface area (Å²) in [7, 11) is 1.82.